The SMILES string of the molecule is CNCC1CCCN(C(=O)c2ccccc2Nc2cccc(C(F)(F)F)c2)C1.Cl. The fraction of sp³-hybridized carbons (Fsp3) is 0.381. The lowest BCUT2D eigenvalue weighted by Crippen LogP contribution is -2.42. The number of carbonyl (C=O) groups excluding carboxylic acids is 1. The van der Waals surface area contributed by atoms with E-state index in [9.17, 15) is 18.0 Å². The number of halogens is 4. The highest BCUT2D eigenvalue weighted by Crippen LogP contribution is 2.32. The van der Waals surface area contributed by atoms with Gasteiger partial charge in [0.05, 0.1) is 16.8 Å². The molecule has 2 N–H and O–H groups in total. The molecule has 1 saturated heterocycles. The van der Waals surface area contributed by atoms with E-state index in [0.717, 1.165) is 31.5 Å². The number of benzene rings is 2. The van der Waals surface area contributed by atoms with Gasteiger partial charge in [0.15, 0.2) is 0 Å². The van der Waals surface area contributed by atoms with Crippen molar-refractivity contribution >= 4 is 29.7 Å². The summed E-state index contributed by atoms with van der Waals surface area (Å²) in [7, 11) is 1.90. The summed E-state index contributed by atoms with van der Waals surface area (Å²) in [4.78, 5) is 14.9. The van der Waals surface area contributed by atoms with Gasteiger partial charge in [0.25, 0.3) is 5.91 Å². The smallest absolute Gasteiger partial charge is 0.355 e. The lowest BCUT2D eigenvalue weighted by Gasteiger charge is -2.33. The zero-order chi connectivity index (χ0) is 20.1. The fourth-order valence-corrected chi connectivity index (χ4v) is 3.58. The average Bonchev–Trinajstić information content (AvgIpc) is 2.68. The van der Waals surface area contributed by atoms with Crippen LogP contribution in [0.2, 0.25) is 0 Å². The third-order valence-corrected chi connectivity index (χ3v) is 4.93. The number of rotatable bonds is 5. The van der Waals surface area contributed by atoms with Crippen molar-refractivity contribution in [2.24, 2.45) is 5.92 Å². The van der Waals surface area contributed by atoms with Crippen molar-refractivity contribution in [1.29, 1.82) is 0 Å². The number of carbonyl (C=O) groups is 1. The largest absolute Gasteiger partial charge is 0.416 e. The van der Waals surface area contributed by atoms with Crippen molar-refractivity contribution in [2.75, 3.05) is 32.0 Å². The molecule has 0 spiro atoms. The maximum atomic E-state index is 13.1. The molecule has 3 rings (SSSR count). The molecule has 0 saturated carbocycles. The highest BCUT2D eigenvalue weighted by atomic mass is 35.5. The molecule has 158 valence electrons. The number of alkyl halides is 3. The highest BCUT2D eigenvalue weighted by molar-refractivity contribution is 6.00. The van der Waals surface area contributed by atoms with Crippen LogP contribution in [0.3, 0.4) is 0 Å². The lowest BCUT2D eigenvalue weighted by molar-refractivity contribution is -0.137. The molecule has 1 fully saturated rings. The third-order valence-electron chi connectivity index (χ3n) is 4.93. The van der Waals surface area contributed by atoms with Crippen LogP contribution in [0.4, 0.5) is 24.5 Å². The lowest BCUT2D eigenvalue weighted by atomic mass is 9.97. The molecule has 4 nitrogen and oxygen atoms in total. The van der Waals surface area contributed by atoms with E-state index >= 15 is 0 Å². The number of piperidine rings is 1. The highest BCUT2D eigenvalue weighted by Gasteiger charge is 2.30. The Morgan fingerprint density at radius 1 is 1.17 bits per heavy atom. The molecule has 2 aromatic carbocycles. The molecule has 1 heterocycles. The standard InChI is InChI=1S/C21H24F3N3O.ClH/c1-25-13-15-6-5-11-27(14-15)20(28)18-9-2-3-10-19(18)26-17-8-4-7-16(12-17)21(22,23)24;/h2-4,7-10,12,15,25-26H,5-6,11,13-14H2,1H3;1H. The Morgan fingerprint density at radius 2 is 1.93 bits per heavy atom. The molecule has 1 aliphatic heterocycles. The molecule has 2 aromatic rings. The number of hydrogen-bond donors (Lipinski definition) is 2. The van der Waals surface area contributed by atoms with E-state index in [0.29, 0.717) is 35.9 Å². The van der Waals surface area contributed by atoms with Crippen LogP contribution in [0.5, 0.6) is 0 Å². The van der Waals surface area contributed by atoms with Crippen molar-refractivity contribution < 1.29 is 18.0 Å². The van der Waals surface area contributed by atoms with Crippen LogP contribution < -0.4 is 10.6 Å². The van der Waals surface area contributed by atoms with E-state index in [2.05, 4.69) is 10.6 Å². The molecule has 0 aliphatic carbocycles. The number of hydrogen-bond acceptors (Lipinski definition) is 3. The van der Waals surface area contributed by atoms with Crippen LogP contribution in [0.15, 0.2) is 48.5 Å². The number of para-hydroxylation sites is 1. The Bertz CT molecular complexity index is 827. The van der Waals surface area contributed by atoms with Crippen molar-refractivity contribution in [1.82, 2.24) is 10.2 Å². The zero-order valence-corrected chi connectivity index (χ0v) is 16.9. The first-order chi connectivity index (χ1) is 13.4. The summed E-state index contributed by atoms with van der Waals surface area (Å²) < 4.78 is 38.9. The van der Waals surface area contributed by atoms with Crippen LogP contribution >= 0.6 is 12.4 Å². The van der Waals surface area contributed by atoms with Gasteiger partial charge in [-0.05, 0) is 62.7 Å². The van der Waals surface area contributed by atoms with Gasteiger partial charge in [-0.3, -0.25) is 4.79 Å². The van der Waals surface area contributed by atoms with Gasteiger partial charge in [-0.1, -0.05) is 18.2 Å². The van der Waals surface area contributed by atoms with Crippen LogP contribution in [0.1, 0.15) is 28.8 Å². The Kier molecular flexibility index (Phi) is 7.93. The minimum atomic E-state index is -4.41. The van der Waals surface area contributed by atoms with E-state index in [1.54, 1.807) is 30.3 Å². The number of anilines is 2. The van der Waals surface area contributed by atoms with Gasteiger partial charge < -0.3 is 15.5 Å². The van der Waals surface area contributed by atoms with Crippen molar-refractivity contribution in [3.05, 3.63) is 59.7 Å². The van der Waals surface area contributed by atoms with E-state index < -0.39 is 11.7 Å². The minimum absolute atomic E-state index is 0. The molecule has 1 amide bonds. The normalized spacial score (nSPS) is 16.8. The Balaban J connectivity index is 0.00000300. The van der Waals surface area contributed by atoms with Gasteiger partial charge >= 0.3 is 6.18 Å². The van der Waals surface area contributed by atoms with Crippen LogP contribution in [-0.4, -0.2) is 37.5 Å². The summed E-state index contributed by atoms with van der Waals surface area (Å²) >= 11 is 0. The molecular formula is C21H25ClF3N3O. The van der Waals surface area contributed by atoms with Crippen molar-refractivity contribution in [2.45, 2.75) is 19.0 Å². The number of nitrogens with zero attached hydrogens (tertiary/aromatic N) is 1. The minimum Gasteiger partial charge on any atom is -0.355 e. The second-order valence-electron chi connectivity index (χ2n) is 7.07. The van der Waals surface area contributed by atoms with Gasteiger partial charge in [-0.2, -0.15) is 13.2 Å². The summed E-state index contributed by atoms with van der Waals surface area (Å²) in [6, 6.07) is 11.9. The van der Waals surface area contributed by atoms with E-state index in [-0.39, 0.29) is 18.3 Å². The van der Waals surface area contributed by atoms with E-state index in [1.807, 2.05) is 11.9 Å². The summed E-state index contributed by atoms with van der Waals surface area (Å²) in [5, 5.41) is 6.14. The molecule has 29 heavy (non-hydrogen) atoms. The maximum Gasteiger partial charge on any atom is 0.416 e. The molecule has 0 aromatic heterocycles. The predicted molar refractivity (Wildman–Crippen MR) is 111 cm³/mol. The molecule has 1 aliphatic rings. The quantitative estimate of drug-likeness (QED) is 0.710. The van der Waals surface area contributed by atoms with Gasteiger partial charge in [-0.25, -0.2) is 0 Å². The third kappa shape index (κ3) is 5.87. The Hall–Kier alpha value is -2.25. The second kappa shape index (κ2) is 9.98. The molecule has 0 radical (unpaired) electrons. The summed E-state index contributed by atoms with van der Waals surface area (Å²) in [5.74, 6) is 0.308. The fourth-order valence-electron chi connectivity index (χ4n) is 3.58. The average molecular weight is 428 g/mol. The first-order valence-electron chi connectivity index (χ1n) is 9.35. The van der Waals surface area contributed by atoms with Crippen molar-refractivity contribution in [3.63, 3.8) is 0 Å². The van der Waals surface area contributed by atoms with Crippen LogP contribution in [-0.2, 0) is 6.18 Å². The van der Waals surface area contributed by atoms with Gasteiger partial charge in [0.2, 0.25) is 0 Å². The summed E-state index contributed by atoms with van der Waals surface area (Å²) in [6.07, 6.45) is -2.39. The summed E-state index contributed by atoms with van der Waals surface area (Å²) in [5.41, 5.74) is 0.529. The monoisotopic (exact) mass is 427 g/mol. The molecule has 8 heteroatoms. The topological polar surface area (TPSA) is 44.4 Å². The zero-order valence-electron chi connectivity index (χ0n) is 16.1. The maximum absolute atomic E-state index is 13.1. The molecule has 0 bridgehead atoms. The van der Waals surface area contributed by atoms with E-state index in [4.69, 9.17) is 0 Å². The molecule has 1 unspecified atom stereocenters. The first-order valence-corrected chi connectivity index (χ1v) is 9.35. The van der Waals surface area contributed by atoms with E-state index in [1.165, 1.54) is 6.07 Å². The number of amides is 1. The molecule has 1 atom stereocenters. The number of nitrogens with one attached hydrogen (secondary N) is 2. The van der Waals surface area contributed by atoms with Crippen molar-refractivity contribution in [3.8, 4) is 0 Å². The molecular weight excluding hydrogens is 403 g/mol. The predicted octanol–water partition coefficient (Wildman–Crippen LogP) is 4.94. The van der Waals surface area contributed by atoms with Gasteiger partial charge in [0.1, 0.15) is 0 Å². The van der Waals surface area contributed by atoms with Crippen LogP contribution in [0, 0.1) is 5.92 Å². The number of likely N-dealkylation sites (tertiary alicyclic amines) is 1. The first kappa shape index (κ1) is 23.0. The van der Waals surface area contributed by atoms with Gasteiger partial charge in [0, 0.05) is 18.8 Å². The van der Waals surface area contributed by atoms with Gasteiger partial charge in [-0.15, -0.1) is 12.4 Å². The second-order valence-corrected chi connectivity index (χ2v) is 7.07. The van der Waals surface area contributed by atoms with Crippen LogP contribution in [0.25, 0.3) is 0 Å². The Morgan fingerprint density at radius 3 is 2.66 bits per heavy atom. The Labute approximate surface area is 174 Å². The summed E-state index contributed by atoms with van der Waals surface area (Å²) in [6.45, 7) is 2.22.